The Hall–Kier alpha value is -1.04. The summed E-state index contributed by atoms with van der Waals surface area (Å²) in [6, 6.07) is 0. The maximum Gasteiger partial charge on any atom is -0.00452 e. The quantitative estimate of drug-likeness (QED) is 0.616. The molecule has 0 aromatic heterocycles. The fourth-order valence-electron chi connectivity index (χ4n) is 1.80. The molecule has 0 spiro atoms. The second-order valence-corrected chi connectivity index (χ2v) is 4.23. The van der Waals surface area contributed by atoms with Crippen LogP contribution in [0.2, 0.25) is 0 Å². The first-order chi connectivity index (χ1) is 7.19. The molecule has 0 radical (unpaired) electrons. The Labute approximate surface area is 94.1 Å². The lowest BCUT2D eigenvalue weighted by Gasteiger charge is -2.08. The summed E-state index contributed by atoms with van der Waals surface area (Å²) in [5.41, 5.74) is 4.25. The van der Waals surface area contributed by atoms with Crippen molar-refractivity contribution < 1.29 is 0 Å². The van der Waals surface area contributed by atoms with E-state index in [1.807, 2.05) is 0 Å². The fraction of sp³-hybridized carbons (Fsp3) is 0.467. The van der Waals surface area contributed by atoms with Gasteiger partial charge in [0.1, 0.15) is 0 Å². The zero-order chi connectivity index (χ0) is 11.3. The van der Waals surface area contributed by atoms with Crippen LogP contribution in [0.3, 0.4) is 0 Å². The maximum absolute atomic E-state index is 2.31. The van der Waals surface area contributed by atoms with Crippen molar-refractivity contribution >= 4 is 0 Å². The van der Waals surface area contributed by atoms with E-state index in [1.165, 1.54) is 24.0 Å². The van der Waals surface area contributed by atoms with Crippen molar-refractivity contribution in [1.29, 1.82) is 0 Å². The van der Waals surface area contributed by atoms with Crippen LogP contribution >= 0.6 is 0 Å². The highest BCUT2D eigenvalue weighted by molar-refractivity contribution is 5.43. The van der Waals surface area contributed by atoms with Crippen LogP contribution in [0.1, 0.15) is 40.5 Å². The van der Waals surface area contributed by atoms with Crippen LogP contribution < -0.4 is 0 Å². The largest absolute Gasteiger partial charge is 0.0841 e. The standard InChI is InChI=1S/C15H22/c1-5-7-14-10-11-15(12(3)6-2)9-8-13(14)4/h6,8-11,13H,5,7H2,1-4H3/b12-6+. The average molecular weight is 202 g/mol. The molecule has 0 heteroatoms. The molecule has 1 unspecified atom stereocenters. The Morgan fingerprint density at radius 1 is 1.40 bits per heavy atom. The van der Waals surface area contributed by atoms with Gasteiger partial charge in [0, 0.05) is 0 Å². The lowest BCUT2D eigenvalue weighted by atomic mass is 9.97. The molecule has 0 saturated carbocycles. The Kier molecular flexibility index (Phi) is 4.61. The van der Waals surface area contributed by atoms with Crippen LogP contribution in [0.5, 0.6) is 0 Å². The molecule has 0 saturated heterocycles. The normalized spacial score (nSPS) is 22.1. The first-order valence-corrected chi connectivity index (χ1v) is 5.91. The monoisotopic (exact) mass is 202 g/mol. The topological polar surface area (TPSA) is 0 Å². The summed E-state index contributed by atoms with van der Waals surface area (Å²) >= 11 is 0. The van der Waals surface area contributed by atoms with E-state index in [-0.39, 0.29) is 0 Å². The van der Waals surface area contributed by atoms with Gasteiger partial charge in [-0.15, -0.1) is 0 Å². The summed E-state index contributed by atoms with van der Waals surface area (Å²) in [5, 5.41) is 0. The SMILES string of the molecule is C/C=C(\C)C1=CC=C(CCC)C(C)C=C1. The molecule has 0 aliphatic heterocycles. The van der Waals surface area contributed by atoms with Crippen molar-refractivity contribution in [2.24, 2.45) is 5.92 Å². The molecule has 82 valence electrons. The number of hydrogen-bond donors (Lipinski definition) is 0. The molecular weight excluding hydrogens is 180 g/mol. The van der Waals surface area contributed by atoms with Crippen LogP contribution in [0.15, 0.2) is 47.1 Å². The Morgan fingerprint density at radius 3 is 2.73 bits per heavy atom. The van der Waals surface area contributed by atoms with Gasteiger partial charge >= 0.3 is 0 Å². The highest BCUT2D eigenvalue weighted by Crippen LogP contribution is 2.24. The van der Waals surface area contributed by atoms with E-state index in [0.29, 0.717) is 5.92 Å². The van der Waals surface area contributed by atoms with Crippen LogP contribution in [-0.2, 0) is 0 Å². The zero-order valence-electron chi connectivity index (χ0n) is 10.4. The molecule has 1 atom stereocenters. The lowest BCUT2D eigenvalue weighted by molar-refractivity contribution is 0.762. The van der Waals surface area contributed by atoms with Gasteiger partial charge in [-0.05, 0) is 37.3 Å². The van der Waals surface area contributed by atoms with Crippen molar-refractivity contribution in [2.75, 3.05) is 0 Å². The van der Waals surface area contributed by atoms with E-state index in [4.69, 9.17) is 0 Å². The zero-order valence-corrected chi connectivity index (χ0v) is 10.4. The molecule has 0 aromatic rings. The summed E-state index contributed by atoms with van der Waals surface area (Å²) < 4.78 is 0. The molecule has 1 aliphatic carbocycles. The Bertz CT molecular complexity index is 324. The third-order valence-electron chi connectivity index (χ3n) is 3.05. The minimum Gasteiger partial charge on any atom is -0.0841 e. The highest BCUT2D eigenvalue weighted by atomic mass is 14.1. The molecule has 1 rings (SSSR count). The summed E-state index contributed by atoms with van der Waals surface area (Å²) in [4.78, 5) is 0. The highest BCUT2D eigenvalue weighted by Gasteiger charge is 2.07. The van der Waals surface area contributed by atoms with Gasteiger partial charge in [0.05, 0.1) is 0 Å². The smallest absolute Gasteiger partial charge is 0.00452 e. The average Bonchev–Trinajstić information content (AvgIpc) is 2.42. The summed E-state index contributed by atoms with van der Waals surface area (Å²) in [6.45, 7) is 8.78. The van der Waals surface area contributed by atoms with E-state index in [9.17, 15) is 0 Å². The molecule has 1 aliphatic rings. The van der Waals surface area contributed by atoms with Crippen LogP contribution in [-0.4, -0.2) is 0 Å². The van der Waals surface area contributed by atoms with E-state index >= 15 is 0 Å². The summed E-state index contributed by atoms with van der Waals surface area (Å²) in [6.07, 6.45) is 13.7. The van der Waals surface area contributed by atoms with Gasteiger partial charge in [0.2, 0.25) is 0 Å². The molecule has 0 heterocycles. The predicted octanol–water partition coefficient (Wildman–Crippen LogP) is 4.81. The predicted molar refractivity (Wildman–Crippen MR) is 68.8 cm³/mol. The van der Waals surface area contributed by atoms with Crippen LogP contribution in [0.4, 0.5) is 0 Å². The fourth-order valence-corrected chi connectivity index (χ4v) is 1.80. The van der Waals surface area contributed by atoms with Crippen molar-refractivity contribution in [3.63, 3.8) is 0 Å². The third kappa shape index (κ3) is 3.23. The van der Waals surface area contributed by atoms with E-state index < -0.39 is 0 Å². The summed E-state index contributed by atoms with van der Waals surface area (Å²) in [5.74, 6) is 0.586. The van der Waals surface area contributed by atoms with Crippen LogP contribution in [0.25, 0.3) is 0 Å². The van der Waals surface area contributed by atoms with Gasteiger partial charge in [-0.2, -0.15) is 0 Å². The van der Waals surface area contributed by atoms with E-state index in [0.717, 1.165) is 0 Å². The molecule has 15 heavy (non-hydrogen) atoms. The van der Waals surface area contributed by atoms with E-state index in [1.54, 1.807) is 5.57 Å². The minimum absolute atomic E-state index is 0.586. The van der Waals surface area contributed by atoms with Crippen molar-refractivity contribution in [1.82, 2.24) is 0 Å². The molecule has 0 bridgehead atoms. The molecule has 0 nitrogen and oxygen atoms in total. The second kappa shape index (κ2) is 5.75. The van der Waals surface area contributed by atoms with Crippen LogP contribution in [0, 0.1) is 5.92 Å². The number of rotatable bonds is 3. The van der Waals surface area contributed by atoms with Gasteiger partial charge in [-0.25, -0.2) is 0 Å². The first-order valence-electron chi connectivity index (χ1n) is 5.91. The third-order valence-corrected chi connectivity index (χ3v) is 3.05. The van der Waals surface area contributed by atoms with Gasteiger partial charge in [-0.1, -0.05) is 56.2 Å². The van der Waals surface area contributed by atoms with Crippen molar-refractivity contribution in [2.45, 2.75) is 40.5 Å². The minimum atomic E-state index is 0.586. The van der Waals surface area contributed by atoms with Crippen molar-refractivity contribution in [3.8, 4) is 0 Å². The van der Waals surface area contributed by atoms with Gasteiger partial charge in [0.15, 0.2) is 0 Å². The van der Waals surface area contributed by atoms with Gasteiger partial charge in [-0.3, -0.25) is 0 Å². The maximum atomic E-state index is 2.31. The molecule has 0 fully saturated rings. The second-order valence-electron chi connectivity index (χ2n) is 4.23. The molecule has 0 N–H and O–H groups in total. The van der Waals surface area contributed by atoms with Gasteiger partial charge in [0.25, 0.3) is 0 Å². The molecular formula is C15H22. The Balaban J connectivity index is 2.93. The Morgan fingerprint density at radius 2 is 2.13 bits per heavy atom. The van der Waals surface area contributed by atoms with Gasteiger partial charge < -0.3 is 0 Å². The summed E-state index contributed by atoms with van der Waals surface area (Å²) in [7, 11) is 0. The molecule has 0 amide bonds. The number of hydrogen-bond acceptors (Lipinski definition) is 0. The first kappa shape index (κ1) is 12.0. The van der Waals surface area contributed by atoms with Crippen molar-refractivity contribution in [3.05, 3.63) is 47.1 Å². The number of allylic oxidation sites excluding steroid dienone is 8. The van der Waals surface area contributed by atoms with E-state index in [2.05, 4.69) is 58.1 Å². The molecule has 0 aromatic carbocycles. The lowest BCUT2D eigenvalue weighted by Crippen LogP contribution is -1.94.